The molecular weight excluding hydrogens is 426 g/mol. The fourth-order valence-electron chi connectivity index (χ4n) is 8.33. The van der Waals surface area contributed by atoms with Crippen molar-refractivity contribution in [2.75, 3.05) is 32.9 Å². The highest BCUT2D eigenvalue weighted by molar-refractivity contribution is 6.69. The number of esters is 1. The van der Waals surface area contributed by atoms with Gasteiger partial charge in [0.1, 0.15) is 11.2 Å². The SMILES string of the molecule is CCOC(=O)[C@]12CCC[C@@]3(CNC1)[C@@H]1CCC4(OCCO4)[C@H]1C(=O)CC[C@]23O[Si](C)(C)C. The maximum absolute atomic E-state index is 13.8. The molecule has 5 rings (SSSR count). The number of ketones is 1. The van der Waals surface area contributed by atoms with Gasteiger partial charge in [-0.3, -0.25) is 9.59 Å². The molecule has 1 spiro atoms. The van der Waals surface area contributed by atoms with Crippen LogP contribution in [0.25, 0.3) is 0 Å². The summed E-state index contributed by atoms with van der Waals surface area (Å²) in [6.45, 7) is 11.3. The van der Waals surface area contributed by atoms with Crippen LogP contribution in [0.5, 0.6) is 0 Å². The van der Waals surface area contributed by atoms with Crippen LogP contribution in [-0.4, -0.2) is 64.4 Å². The summed E-state index contributed by atoms with van der Waals surface area (Å²) in [5, 5.41) is 3.64. The molecular formula is C24H39NO6Si. The predicted octanol–water partition coefficient (Wildman–Crippen LogP) is 3.03. The number of carbonyl (C=O) groups is 2. The highest BCUT2D eigenvalue weighted by atomic mass is 28.4. The molecule has 180 valence electrons. The topological polar surface area (TPSA) is 83.1 Å². The molecule has 2 aliphatic heterocycles. The largest absolute Gasteiger partial charge is 0.465 e. The summed E-state index contributed by atoms with van der Waals surface area (Å²) < 4.78 is 25.3. The lowest BCUT2D eigenvalue weighted by Crippen LogP contribution is -2.78. The van der Waals surface area contributed by atoms with Gasteiger partial charge in [-0.1, -0.05) is 6.42 Å². The fourth-order valence-corrected chi connectivity index (χ4v) is 9.88. The molecule has 5 atom stereocenters. The smallest absolute Gasteiger partial charge is 0.316 e. The molecule has 1 N–H and O–H groups in total. The van der Waals surface area contributed by atoms with Gasteiger partial charge in [-0.15, -0.1) is 0 Å². The summed E-state index contributed by atoms with van der Waals surface area (Å²) >= 11 is 0. The average molecular weight is 466 g/mol. The number of hydrogen-bond donors (Lipinski definition) is 1. The van der Waals surface area contributed by atoms with Gasteiger partial charge in [0.25, 0.3) is 0 Å². The van der Waals surface area contributed by atoms with Crippen LogP contribution >= 0.6 is 0 Å². The van der Waals surface area contributed by atoms with Gasteiger partial charge in [0.2, 0.25) is 0 Å². The van der Waals surface area contributed by atoms with E-state index < -0.39 is 25.1 Å². The fraction of sp³-hybridized carbons (Fsp3) is 0.917. The Bertz CT molecular complexity index is 778. The van der Waals surface area contributed by atoms with E-state index in [-0.39, 0.29) is 29.0 Å². The van der Waals surface area contributed by atoms with Crippen LogP contribution in [-0.2, 0) is 28.2 Å². The Labute approximate surface area is 192 Å². The third-order valence-corrected chi connectivity index (χ3v) is 10.0. The second-order valence-electron chi connectivity index (χ2n) is 11.6. The monoisotopic (exact) mass is 465 g/mol. The number of Topliss-reactive ketones (excluding diaryl/α,β-unsaturated/α-hetero) is 1. The minimum absolute atomic E-state index is 0.0776. The van der Waals surface area contributed by atoms with Crippen LogP contribution in [0.15, 0.2) is 0 Å². The first-order valence-electron chi connectivity index (χ1n) is 12.5. The quantitative estimate of drug-likeness (QED) is 0.505. The molecule has 3 saturated carbocycles. The molecule has 8 heteroatoms. The predicted molar refractivity (Wildman–Crippen MR) is 120 cm³/mol. The summed E-state index contributed by atoms with van der Waals surface area (Å²) in [4.78, 5) is 27.5. The second kappa shape index (κ2) is 7.60. The van der Waals surface area contributed by atoms with Crippen molar-refractivity contribution in [3.8, 4) is 0 Å². The highest BCUT2D eigenvalue weighted by Crippen LogP contribution is 2.69. The van der Waals surface area contributed by atoms with Crippen molar-refractivity contribution >= 4 is 20.1 Å². The Kier molecular flexibility index (Phi) is 5.45. The summed E-state index contributed by atoms with van der Waals surface area (Å²) in [7, 11) is -2.09. The Morgan fingerprint density at radius 1 is 1.12 bits per heavy atom. The summed E-state index contributed by atoms with van der Waals surface area (Å²) in [6.07, 6.45) is 5.25. The van der Waals surface area contributed by atoms with E-state index in [1.165, 1.54) is 0 Å². The number of ether oxygens (including phenoxy) is 3. The van der Waals surface area contributed by atoms with E-state index in [1.54, 1.807) is 0 Å². The third-order valence-electron chi connectivity index (χ3n) is 9.05. The van der Waals surface area contributed by atoms with Gasteiger partial charge >= 0.3 is 5.97 Å². The first-order valence-corrected chi connectivity index (χ1v) is 15.9. The second-order valence-corrected chi connectivity index (χ2v) is 16.0. The molecule has 7 nitrogen and oxygen atoms in total. The van der Waals surface area contributed by atoms with Crippen LogP contribution in [0.2, 0.25) is 19.6 Å². The normalized spacial score (nSPS) is 42.9. The van der Waals surface area contributed by atoms with Crippen molar-refractivity contribution in [3.05, 3.63) is 0 Å². The van der Waals surface area contributed by atoms with Crippen LogP contribution < -0.4 is 5.32 Å². The van der Waals surface area contributed by atoms with Crippen molar-refractivity contribution in [1.29, 1.82) is 0 Å². The molecule has 5 aliphatic rings. The minimum Gasteiger partial charge on any atom is -0.465 e. The summed E-state index contributed by atoms with van der Waals surface area (Å²) in [5.74, 6) is -0.917. The highest BCUT2D eigenvalue weighted by Gasteiger charge is 2.77. The van der Waals surface area contributed by atoms with Gasteiger partial charge in [-0.25, -0.2) is 0 Å². The van der Waals surface area contributed by atoms with E-state index in [1.807, 2.05) is 6.92 Å². The molecule has 2 heterocycles. The molecule has 2 saturated heterocycles. The third kappa shape index (κ3) is 2.92. The Hall–Kier alpha value is -0.803. The van der Waals surface area contributed by atoms with E-state index >= 15 is 0 Å². The maximum atomic E-state index is 13.8. The number of nitrogens with one attached hydrogen (secondary N) is 1. The Morgan fingerprint density at radius 3 is 2.56 bits per heavy atom. The zero-order valence-electron chi connectivity index (χ0n) is 20.1. The molecule has 2 bridgehead atoms. The maximum Gasteiger partial charge on any atom is 0.316 e. The van der Waals surface area contributed by atoms with E-state index in [9.17, 15) is 9.59 Å². The van der Waals surface area contributed by atoms with Crippen molar-refractivity contribution in [1.82, 2.24) is 5.32 Å². The molecule has 0 amide bonds. The molecule has 0 aromatic rings. The first-order chi connectivity index (χ1) is 15.2. The van der Waals surface area contributed by atoms with Gasteiger partial charge in [0.05, 0.1) is 31.3 Å². The molecule has 0 unspecified atom stereocenters. The lowest BCUT2D eigenvalue weighted by atomic mass is 9.44. The lowest BCUT2D eigenvalue weighted by Gasteiger charge is -2.68. The molecule has 32 heavy (non-hydrogen) atoms. The molecule has 3 aliphatic carbocycles. The Balaban J connectivity index is 1.70. The van der Waals surface area contributed by atoms with Crippen LogP contribution in [0.3, 0.4) is 0 Å². The molecule has 5 fully saturated rings. The molecule has 0 radical (unpaired) electrons. The lowest BCUT2D eigenvalue weighted by molar-refractivity contribution is -0.244. The van der Waals surface area contributed by atoms with Gasteiger partial charge in [0, 0.05) is 31.3 Å². The van der Waals surface area contributed by atoms with Crippen molar-refractivity contribution < 1.29 is 28.2 Å². The van der Waals surface area contributed by atoms with Crippen molar-refractivity contribution in [3.63, 3.8) is 0 Å². The van der Waals surface area contributed by atoms with Crippen molar-refractivity contribution in [2.24, 2.45) is 22.7 Å². The average Bonchev–Trinajstić information content (AvgIpc) is 3.30. The van der Waals surface area contributed by atoms with E-state index in [4.69, 9.17) is 18.6 Å². The summed E-state index contributed by atoms with van der Waals surface area (Å²) in [5.41, 5.74) is -1.77. The molecule has 0 aromatic carbocycles. The zero-order chi connectivity index (χ0) is 22.8. The van der Waals surface area contributed by atoms with Crippen LogP contribution in [0.1, 0.15) is 51.9 Å². The number of piperidine rings is 1. The Morgan fingerprint density at radius 2 is 1.88 bits per heavy atom. The van der Waals surface area contributed by atoms with Gasteiger partial charge < -0.3 is 24.0 Å². The number of hydrogen-bond acceptors (Lipinski definition) is 7. The van der Waals surface area contributed by atoms with Gasteiger partial charge in [-0.2, -0.15) is 0 Å². The van der Waals surface area contributed by atoms with E-state index in [0.29, 0.717) is 39.2 Å². The van der Waals surface area contributed by atoms with Gasteiger partial charge in [0.15, 0.2) is 14.1 Å². The van der Waals surface area contributed by atoms with Crippen LogP contribution in [0, 0.1) is 22.7 Å². The molecule has 0 aromatic heterocycles. The van der Waals surface area contributed by atoms with Crippen LogP contribution in [0.4, 0.5) is 0 Å². The standard InChI is InChI=1S/C24H39NO6Si/c1-5-28-20(27)22-10-6-9-21(15-25-16-22)17-7-11-23(29-13-14-30-23)19(17)18(26)8-12-24(21,22)31-32(2,3)4/h17,19,25H,5-16H2,1-4H3/t17-,19-,21-,22+,24-/m1/s1. The van der Waals surface area contributed by atoms with Crippen molar-refractivity contribution in [2.45, 2.75) is 82.9 Å². The van der Waals surface area contributed by atoms with Gasteiger partial charge in [-0.05, 0) is 58.2 Å². The summed E-state index contributed by atoms with van der Waals surface area (Å²) in [6, 6.07) is 0. The van der Waals surface area contributed by atoms with E-state index in [2.05, 4.69) is 25.0 Å². The van der Waals surface area contributed by atoms with E-state index in [0.717, 1.165) is 38.6 Å². The minimum atomic E-state index is -2.09. The zero-order valence-corrected chi connectivity index (χ0v) is 21.1. The number of rotatable bonds is 4. The number of fused-ring (bicyclic) bond motifs is 2. The first kappa shape index (κ1) is 23.0. The number of carbonyl (C=O) groups excluding carboxylic acids is 2.